The van der Waals surface area contributed by atoms with E-state index >= 15 is 0 Å². The van der Waals surface area contributed by atoms with Gasteiger partial charge < -0.3 is 5.32 Å². The number of carbonyl (C=O) groups is 1. The highest BCUT2D eigenvalue weighted by Gasteiger charge is 2.24. The summed E-state index contributed by atoms with van der Waals surface area (Å²) >= 11 is 0. The Morgan fingerprint density at radius 1 is 1.60 bits per heavy atom. The Balaban J connectivity index is 2.41. The lowest BCUT2D eigenvalue weighted by molar-refractivity contribution is -0.121. The second-order valence-corrected chi connectivity index (χ2v) is 2.22. The molecule has 1 unspecified atom stereocenters. The van der Waals surface area contributed by atoms with E-state index in [1.54, 1.807) is 18.5 Å². The SMILES string of the molecule is O=C1NC=CC2=NC=CC12. The standard InChI is InChI=1S/C7H6N2O/c10-7-5-1-3-8-6(5)2-4-9-7/h1-5H,(H,9,10). The lowest BCUT2D eigenvalue weighted by Crippen LogP contribution is -2.32. The number of amides is 1. The largest absolute Gasteiger partial charge is 0.332 e. The molecule has 2 aliphatic heterocycles. The molecule has 2 aliphatic rings. The van der Waals surface area contributed by atoms with Gasteiger partial charge in [0.1, 0.15) is 5.92 Å². The maximum atomic E-state index is 11.0. The van der Waals surface area contributed by atoms with E-state index in [0.29, 0.717) is 0 Å². The Labute approximate surface area is 58.1 Å². The van der Waals surface area contributed by atoms with Gasteiger partial charge in [0.25, 0.3) is 0 Å². The fourth-order valence-electron chi connectivity index (χ4n) is 1.06. The van der Waals surface area contributed by atoms with Crippen molar-refractivity contribution in [3.63, 3.8) is 0 Å². The van der Waals surface area contributed by atoms with E-state index in [-0.39, 0.29) is 11.8 Å². The quantitative estimate of drug-likeness (QED) is 0.505. The van der Waals surface area contributed by atoms with Crippen LogP contribution in [0, 0.1) is 5.92 Å². The van der Waals surface area contributed by atoms with Crippen molar-refractivity contribution >= 4 is 11.6 Å². The van der Waals surface area contributed by atoms with Gasteiger partial charge in [-0.1, -0.05) is 0 Å². The normalized spacial score (nSPS) is 27.8. The van der Waals surface area contributed by atoms with Gasteiger partial charge in [0.15, 0.2) is 0 Å². The number of nitrogens with one attached hydrogen (secondary N) is 1. The predicted octanol–water partition coefficient (Wildman–Crippen LogP) is 0.214. The van der Waals surface area contributed by atoms with E-state index in [4.69, 9.17) is 0 Å². The Kier molecular flexibility index (Phi) is 0.974. The molecule has 50 valence electrons. The topological polar surface area (TPSA) is 41.5 Å². The maximum Gasteiger partial charge on any atom is 0.236 e. The number of fused-ring (bicyclic) bond motifs is 1. The van der Waals surface area contributed by atoms with Gasteiger partial charge in [-0.15, -0.1) is 0 Å². The van der Waals surface area contributed by atoms with Crippen molar-refractivity contribution in [3.05, 3.63) is 24.6 Å². The van der Waals surface area contributed by atoms with Crippen molar-refractivity contribution in [2.24, 2.45) is 10.9 Å². The molecule has 0 saturated carbocycles. The van der Waals surface area contributed by atoms with Crippen molar-refractivity contribution in [1.82, 2.24) is 5.32 Å². The summed E-state index contributed by atoms with van der Waals surface area (Å²) in [6.07, 6.45) is 6.88. The lowest BCUT2D eigenvalue weighted by atomic mass is 10.0. The summed E-state index contributed by atoms with van der Waals surface area (Å²) in [6.45, 7) is 0. The van der Waals surface area contributed by atoms with Gasteiger partial charge in [-0.05, 0) is 12.2 Å². The first kappa shape index (κ1) is 5.41. The van der Waals surface area contributed by atoms with Gasteiger partial charge in [0.2, 0.25) is 5.91 Å². The lowest BCUT2D eigenvalue weighted by Gasteiger charge is -2.11. The minimum Gasteiger partial charge on any atom is -0.332 e. The van der Waals surface area contributed by atoms with Gasteiger partial charge in [-0.25, -0.2) is 0 Å². The number of hydrogen-bond acceptors (Lipinski definition) is 2. The monoisotopic (exact) mass is 134 g/mol. The highest BCUT2D eigenvalue weighted by molar-refractivity contribution is 6.14. The van der Waals surface area contributed by atoms with Crippen LogP contribution in [0.5, 0.6) is 0 Å². The second-order valence-electron chi connectivity index (χ2n) is 2.22. The third-order valence-electron chi connectivity index (χ3n) is 1.58. The molecule has 1 amide bonds. The van der Waals surface area contributed by atoms with E-state index in [1.807, 2.05) is 6.08 Å². The molecule has 0 spiro atoms. The summed E-state index contributed by atoms with van der Waals surface area (Å²) < 4.78 is 0. The molecule has 1 atom stereocenters. The molecule has 2 heterocycles. The summed E-state index contributed by atoms with van der Waals surface area (Å²) in [5.74, 6) is -0.125. The first-order valence-corrected chi connectivity index (χ1v) is 3.09. The van der Waals surface area contributed by atoms with Crippen molar-refractivity contribution in [2.45, 2.75) is 0 Å². The van der Waals surface area contributed by atoms with Crippen LogP contribution >= 0.6 is 0 Å². The molecule has 2 rings (SSSR count). The summed E-state index contributed by atoms with van der Waals surface area (Å²) in [5.41, 5.74) is 0.837. The average Bonchev–Trinajstić information content (AvgIpc) is 2.36. The molecule has 10 heavy (non-hydrogen) atoms. The Morgan fingerprint density at radius 2 is 2.50 bits per heavy atom. The third kappa shape index (κ3) is 0.603. The predicted molar refractivity (Wildman–Crippen MR) is 37.3 cm³/mol. The van der Waals surface area contributed by atoms with E-state index in [9.17, 15) is 4.79 Å². The maximum absolute atomic E-state index is 11.0. The highest BCUT2D eigenvalue weighted by Crippen LogP contribution is 2.13. The molecular weight excluding hydrogens is 128 g/mol. The molecule has 0 saturated heterocycles. The van der Waals surface area contributed by atoms with Crippen LogP contribution in [0.25, 0.3) is 0 Å². The van der Waals surface area contributed by atoms with Gasteiger partial charge in [-0.2, -0.15) is 0 Å². The first-order valence-electron chi connectivity index (χ1n) is 3.09. The zero-order chi connectivity index (χ0) is 6.97. The molecule has 0 aromatic rings. The van der Waals surface area contributed by atoms with E-state index in [1.165, 1.54) is 0 Å². The fraction of sp³-hybridized carbons (Fsp3) is 0.143. The zero-order valence-electron chi connectivity index (χ0n) is 5.24. The molecule has 3 heteroatoms. The number of carbonyl (C=O) groups excluding carboxylic acids is 1. The number of allylic oxidation sites excluding steroid dienone is 1. The fourth-order valence-corrected chi connectivity index (χ4v) is 1.06. The molecule has 0 aliphatic carbocycles. The van der Waals surface area contributed by atoms with E-state index in [2.05, 4.69) is 10.3 Å². The van der Waals surface area contributed by atoms with E-state index in [0.717, 1.165) is 5.71 Å². The number of hydrogen-bond donors (Lipinski definition) is 1. The smallest absolute Gasteiger partial charge is 0.236 e. The summed E-state index contributed by atoms with van der Waals surface area (Å²) in [5, 5.41) is 2.60. The van der Waals surface area contributed by atoms with Crippen LogP contribution in [-0.2, 0) is 4.79 Å². The Bertz CT molecular complexity index is 263. The molecule has 0 bridgehead atoms. The van der Waals surface area contributed by atoms with Crippen molar-refractivity contribution in [2.75, 3.05) is 0 Å². The van der Waals surface area contributed by atoms with Crippen LogP contribution in [0.4, 0.5) is 0 Å². The molecule has 0 aromatic carbocycles. The molecule has 0 fully saturated rings. The van der Waals surface area contributed by atoms with Crippen LogP contribution < -0.4 is 5.32 Å². The van der Waals surface area contributed by atoms with Crippen molar-refractivity contribution < 1.29 is 4.79 Å². The van der Waals surface area contributed by atoms with Crippen LogP contribution in [0.2, 0.25) is 0 Å². The van der Waals surface area contributed by atoms with Crippen molar-refractivity contribution in [3.8, 4) is 0 Å². The van der Waals surface area contributed by atoms with Gasteiger partial charge >= 0.3 is 0 Å². The van der Waals surface area contributed by atoms with Crippen molar-refractivity contribution in [1.29, 1.82) is 0 Å². The van der Waals surface area contributed by atoms with Gasteiger partial charge in [0, 0.05) is 12.4 Å². The minimum absolute atomic E-state index is 0.00926. The zero-order valence-corrected chi connectivity index (χ0v) is 5.24. The molecule has 3 nitrogen and oxygen atoms in total. The van der Waals surface area contributed by atoms with Crippen LogP contribution in [0.15, 0.2) is 29.5 Å². The number of nitrogens with zero attached hydrogens (tertiary/aromatic N) is 1. The average molecular weight is 134 g/mol. The van der Waals surface area contributed by atoms with E-state index < -0.39 is 0 Å². The summed E-state index contributed by atoms with van der Waals surface area (Å²) in [7, 11) is 0. The van der Waals surface area contributed by atoms with Crippen LogP contribution in [-0.4, -0.2) is 11.6 Å². The number of aliphatic imine (C=N–C) groups is 1. The Morgan fingerprint density at radius 3 is 3.30 bits per heavy atom. The van der Waals surface area contributed by atoms with Crippen LogP contribution in [0.3, 0.4) is 0 Å². The van der Waals surface area contributed by atoms with Crippen LogP contribution in [0.1, 0.15) is 0 Å². The molecule has 1 N–H and O–H groups in total. The first-order chi connectivity index (χ1) is 4.88. The second kappa shape index (κ2) is 1.80. The Hall–Kier alpha value is -1.38. The molecule has 0 radical (unpaired) electrons. The third-order valence-corrected chi connectivity index (χ3v) is 1.58. The number of rotatable bonds is 0. The van der Waals surface area contributed by atoms with Gasteiger partial charge in [-0.3, -0.25) is 9.79 Å². The summed E-state index contributed by atoms with van der Waals surface area (Å²) in [6, 6.07) is 0. The minimum atomic E-state index is -0.134. The highest BCUT2D eigenvalue weighted by atomic mass is 16.1. The summed E-state index contributed by atoms with van der Waals surface area (Å²) in [4.78, 5) is 15.0. The van der Waals surface area contributed by atoms with Gasteiger partial charge in [0.05, 0.1) is 5.71 Å². The molecule has 0 aromatic heterocycles. The molecular formula is C7H6N2O.